The average Bonchev–Trinajstić information content (AvgIpc) is 3.00. The van der Waals surface area contributed by atoms with Gasteiger partial charge in [-0.1, -0.05) is 19.8 Å². The number of likely N-dealkylation sites (tertiary alicyclic amines) is 1. The largest absolute Gasteiger partial charge is 0.329 e. The van der Waals surface area contributed by atoms with Gasteiger partial charge in [-0.2, -0.15) is 0 Å². The molecule has 0 spiro atoms. The number of piperidine rings is 1. The predicted octanol–water partition coefficient (Wildman–Crippen LogP) is 1.99. The summed E-state index contributed by atoms with van der Waals surface area (Å²) in [6.45, 7) is 5.80. The van der Waals surface area contributed by atoms with Crippen LogP contribution in [-0.4, -0.2) is 30.1 Å². The summed E-state index contributed by atoms with van der Waals surface area (Å²) in [5, 5.41) is 0. The Labute approximate surface area is 87.8 Å². The maximum Gasteiger partial charge on any atom is 0.0333 e. The van der Waals surface area contributed by atoms with E-state index >= 15 is 0 Å². The molecule has 0 bridgehead atoms. The van der Waals surface area contributed by atoms with Crippen LogP contribution in [0.1, 0.15) is 45.4 Å². The lowest BCUT2D eigenvalue weighted by molar-refractivity contribution is 0.118. The van der Waals surface area contributed by atoms with Crippen molar-refractivity contribution in [2.24, 2.45) is 11.7 Å². The summed E-state index contributed by atoms with van der Waals surface area (Å²) >= 11 is 0. The molecule has 2 rings (SSSR count). The van der Waals surface area contributed by atoms with Gasteiger partial charge in [0.05, 0.1) is 0 Å². The van der Waals surface area contributed by atoms with Gasteiger partial charge in [-0.05, 0) is 44.7 Å². The van der Waals surface area contributed by atoms with Crippen molar-refractivity contribution in [3.63, 3.8) is 0 Å². The van der Waals surface area contributed by atoms with Gasteiger partial charge in [0.2, 0.25) is 0 Å². The molecule has 0 aromatic rings. The van der Waals surface area contributed by atoms with E-state index in [4.69, 9.17) is 5.73 Å². The highest BCUT2D eigenvalue weighted by molar-refractivity contribution is 5.05. The maximum atomic E-state index is 5.85. The minimum absolute atomic E-state index is 0.456. The molecule has 0 radical (unpaired) electrons. The van der Waals surface area contributed by atoms with E-state index in [1.807, 2.05) is 0 Å². The third kappa shape index (κ3) is 1.96. The summed E-state index contributed by atoms with van der Waals surface area (Å²) in [5.41, 5.74) is 6.31. The van der Waals surface area contributed by atoms with Crippen LogP contribution in [0.2, 0.25) is 0 Å². The number of rotatable bonds is 4. The van der Waals surface area contributed by atoms with Crippen molar-refractivity contribution in [2.75, 3.05) is 19.6 Å². The van der Waals surface area contributed by atoms with Gasteiger partial charge in [0.15, 0.2) is 0 Å². The molecule has 0 atom stereocenters. The lowest BCUT2D eigenvalue weighted by Crippen LogP contribution is -2.47. The molecular weight excluding hydrogens is 172 g/mol. The van der Waals surface area contributed by atoms with E-state index in [1.54, 1.807) is 0 Å². The van der Waals surface area contributed by atoms with E-state index in [2.05, 4.69) is 11.8 Å². The van der Waals surface area contributed by atoms with Gasteiger partial charge < -0.3 is 5.73 Å². The Kier molecular flexibility index (Phi) is 3.13. The van der Waals surface area contributed by atoms with Gasteiger partial charge in [-0.25, -0.2) is 0 Å². The second kappa shape index (κ2) is 4.19. The van der Waals surface area contributed by atoms with E-state index < -0.39 is 0 Å². The van der Waals surface area contributed by atoms with E-state index in [1.165, 1.54) is 51.6 Å². The second-order valence-electron chi connectivity index (χ2n) is 5.15. The minimum Gasteiger partial charge on any atom is -0.329 e. The lowest BCUT2D eigenvalue weighted by atomic mass is 9.91. The molecule has 14 heavy (non-hydrogen) atoms. The number of nitrogens with two attached hydrogens (primary N) is 1. The standard InChI is InChI=1S/C12H24N2/c1-2-3-11-4-8-14(9-5-11)12(10-13)6-7-12/h11H,2-10,13H2,1H3. The first-order chi connectivity index (χ1) is 6.80. The summed E-state index contributed by atoms with van der Waals surface area (Å²) in [4.78, 5) is 2.67. The normalized spacial score (nSPS) is 27.9. The third-order valence-corrected chi connectivity index (χ3v) is 4.19. The van der Waals surface area contributed by atoms with Gasteiger partial charge in [-0.3, -0.25) is 4.90 Å². The SMILES string of the molecule is CCCC1CCN(C2(CN)CC2)CC1. The van der Waals surface area contributed by atoms with Crippen LogP contribution in [0.5, 0.6) is 0 Å². The molecule has 0 aromatic heterocycles. The van der Waals surface area contributed by atoms with Crippen LogP contribution in [-0.2, 0) is 0 Å². The van der Waals surface area contributed by atoms with E-state index in [0.29, 0.717) is 5.54 Å². The third-order valence-electron chi connectivity index (χ3n) is 4.19. The van der Waals surface area contributed by atoms with Crippen LogP contribution in [0.15, 0.2) is 0 Å². The van der Waals surface area contributed by atoms with Crippen molar-refractivity contribution in [1.82, 2.24) is 4.90 Å². The molecule has 1 aliphatic carbocycles. The van der Waals surface area contributed by atoms with Crippen molar-refractivity contribution in [2.45, 2.75) is 51.0 Å². The lowest BCUT2D eigenvalue weighted by Gasteiger charge is -2.37. The van der Waals surface area contributed by atoms with Crippen LogP contribution in [0.3, 0.4) is 0 Å². The molecule has 1 aliphatic heterocycles. The summed E-state index contributed by atoms with van der Waals surface area (Å²) in [6, 6.07) is 0. The fraction of sp³-hybridized carbons (Fsp3) is 1.00. The molecule has 2 heteroatoms. The Bertz CT molecular complexity index is 179. The smallest absolute Gasteiger partial charge is 0.0333 e. The topological polar surface area (TPSA) is 29.3 Å². The number of hydrogen-bond acceptors (Lipinski definition) is 2. The fourth-order valence-electron chi connectivity index (χ4n) is 2.90. The van der Waals surface area contributed by atoms with Crippen molar-refractivity contribution >= 4 is 0 Å². The highest BCUT2D eigenvalue weighted by atomic mass is 15.2. The average molecular weight is 196 g/mol. The molecule has 2 fully saturated rings. The van der Waals surface area contributed by atoms with E-state index in [-0.39, 0.29) is 0 Å². The Hall–Kier alpha value is -0.0800. The summed E-state index contributed by atoms with van der Waals surface area (Å²) < 4.78 is 0. The molecular formula is C12H24N2. The van der Waals surface area contributed by atoms with Crippen LogP contribution >= 0.6 is 0 Å². The maximum absolute atomic E-state index is 5.85. The van der Waals surface area contributed by atoms with Gasteiger partial charge in [0, 0.05) is 12.1 Å². The van der Waals surface area contributed by atoms with Crippen molar-refractivity contribution in [1.29, 1.82) is 0 Å². The summed E-state index contributed by atoms with van der Waals surface area (Å²) in [7, 11) is 0. The number of nitrogens with zero attached hydrogens (tertiary/aromatic N) is 1. The predicted molar refractivity (Wildman–Crippen MR) is 60.2 cm³/mol. The van der Waals surface area contributed by atoms with Crippen LogP contribution < -0.4 is 5.73 Å². The zero-order valence-electron chi connectivity index (χ0n) is 9.47. The highest BCUT2D eigenvalue weighted by Crippen LogP contribution is 2.42. The molecule has 82 valence electrons. The monoisotopic (exact) mass is 196 g/mol. The Morgan fingerprint density at radius 1 is 1.29 bits per heavy atom. The molecule has 2 nitrogen and oxygen atoms in total. The quantitative estimate of drug-likeness (QED) is 0.745. The van der Waals surface area contributed by atoms with Gasteiger partial charge in [-0.15, -0.1) is 0 Å². The Balaban J connectivity index is 1.78. The highest BCUT2D eigenvalue weighted by Gasteiger charge is 2.47. The fourth-order valence-corrected chi connectivity index (χ4v) is 2.90. The van der Waals surface area contributed by atoms with E-state index in [0.717, 1.165) is 12.5 Å². The van der Waals surface area contributed by atoms with Crippen LogP contribution in [0, 0.1) is 5.92 Å². The first kappa shape index (κ1) is 10.4. The molecule has 1 heterocycles. The first-order valence-corrected chi connectivity index (χ1v) is 6.26. The van der Waals surface area contributed by atoms with Gasteiger partial charge >= 0.3 is 0 Å². The van der Waals surface area contributed by atoms with Gasteiger partial charge in [0.1, 0.15) is 0 Å². The second-order valence-corrected chi connectivity index (χ2v) is 5.15. The summed E-state index contributed by atoms with van der Waals surface area (Å²) in [5.74, 6) is 1.00. The van der Waals surface area contributed by atoms with Crippen LogP contribution in [0.4, 0.5) is 0 Å². The summed E-state index contributed by atoms with van der Waals surface area (Å²) in [6.07, 6.45) is 8.31. The van der Waals surface area contributed by atoms with Crippen molar-refractivity contribution in [3.05, 3.63) is 0 Å². The molecule has 0 aromatic carbocycles. The van der Waals surface area contributed by atoms with Crippen molar-refractivity contribution < 1.29 is 0 Å². The Morgan fingerprint density at radius 3 is 2.36 bits per heavy atom. The first-order valence-electron chi connectivity index (χ1n) is 6.26. The molecule has 1 saturated heterocycles. The van der Waals surface area contributed by atoms with Crippen LogP contribution in [0.25, 0.3) is 0 Å². The Morgan fingerprint density at radius 2 is 1.93 bits per heavy atom. The van der Waals surface area contributed by atoms with Crippen molar-refractivity contribution in [3.8, 4) is 0 Å². The molecule has 2 aliphatic rings. The van der Waals surface area contributed by atoms with E-state index in [9.17, 15) is 0 Å². The molecule has 0 amide bonds. The number of hydrogen-bond donors (Lipinski definition) is 1. The van der Waals surface area contributed by atoms with Gasteiger partial charge in [0.25, 0.3) is 0 Å². The molecule has 2 N–H and O–H groups in total. The minimum atomic E-state index is 0.456. The molecule has 0 unspecified atom stereocenters. The molecule has 1 saturated carbocycles. The zero-order valence-corrected chi connectivity index (χ0v) is 9.47. The zero-order chi connectivity index (χ0) is 10.0.